The molecule has 1 atom stereocenters. The lowest BCUT2D eigenvalue weighted by molar-refractivity contribution is 0.0676. The highest BCUT2D eigenvalue weighted by atomic mass is 35.5. The zero-order valence-corrected chi connectivity index (χ0v) is 15.7. The topological polar surface area (TPSA) is 58.1 Å². The molecule has 3 rings (SSSR count). The Kier molecular flexibility index (Phi) is 5.45. The second-order valence-electron chi connectivity index (χ2n) is 6.41. The fourth-order valence-corrected chi connectivity index (χ4v) is 3.51. The number of amides is 1. The summed E-state index contributed by atoms with van der Waals surface area (Å²) in [5.41, 5.74) is 0.946. The van der Waals surface area contributed by atoms with Crippen molar-refractivity contribution >= 4 is 40.6 Å². The number of para-hydroxylation sites is 1. The first-order valence-corrected chi connectivity index (χ1v) is 9.05. The highest BCUT2D eigenvalue weighted by Crippen LogP contribution is 2.32. The number of hydrogen-bond acceptors (Lipinski definition) is 4. The van der Waals surface area contributed by atoms with Gasteiger partial charge < -0.3 is 10.2 Å². The number of anilines is 2. The number of aromatic nitrogens is 2. The molecule has 25 heavy (non-hydrogen) atoms. The largest absolute Gasteiger partial charge is 0.338 e. The van der Waals surface area contributed by atoms with Crippen LogP contribution in [0.25, 0.3) is 0 Å². The van der Waals surface area contributed by atoms with Crippen LogP contribution < -0.4 is 5.32 Å². The third-order valence-corrected chi connectivity index (χ3v) is 4.85. The number of halogens is 2. The summed E-state index contributed by atoms with van der Waals surface area (Å²) in [6.07, 6.45) is 2.18. The summed E-state index contributed by atoms with van der Waals surface area (Å²) >= 11 is 12.4. The molecule has 0 aliphatic carbocycles. The van der Waals surface area contributed by atoms with Gasteiger partial charge in [0.1, 0.15) is 17.3 Å². The summed E-state index contributed by atoms with van der Waals surface area (Å²) in [6.45, 7) is 5.46. The summed E-state index contributed by atoms with van der Waals surface area (Å²) in [5, 5.41) is 4.08. The van der Waals surface area contributed by atoms with Crippen LogP contribution in [0.1, 0.15) is 36.1 Å². The van der Waals surface area contributed by atoms with Crippen LogP contribution in [-0.4, -0.2) is 33.9 Å². The number of nitrogens with zero attached hydrogens (tertiary/aromatic N) is 3. The zero-order chi connectivity index (χ0) is 18.0. The standard InChI is InChI=1S/C18H20Cl2N4O/c1-11-5-4-8-24(10-11)18(25)15-9-16(22-12(2)21-15)23-17-13(19)6-3-7-14(17)20/h3,6-7,9,11H,4-5,8,10H2,1-2H3,(H,21,22,23). The Labute approximate surface area is 157 Å². The van der Waals surface area contributed by atoms with Crippen LogP contribution in [0.15, 0.2) is 24.3 Å². The van der Waals surface area contributed by atoms with Crippen molar-refractivity contribution in [3.05, 3.63) is 45.8 Å². The van der Waals surface area contributed by atoms with Gasteiger partial charge in [-0.15, -0.1) is 0 Å². The van der Waals surface area contributed by atoms with Gasteiger partial charge in [0, 0.05) is 19.2 Å². The van der Waals surface area contributed by atoms with E-state index in [2.05, 4.69) is 22.2 Å². The summed E-state index contributed by atoms with van der Waals surface area (Å²) < 4.78 is 0. The van der Waals surface area contributed by atoms with Crippen LogP contribution in [0.2, 0.25) is 10.0 Å². The number of hydrogen-bond donors (Lipinski definition) is 1. The number of carbonyl (C=O) groups excluding carboxylic acids is 1. The SMILES string of the molecule is Cc1nc(Nc2c(Cl)cccc2Cl)cc(C(=O)N2CCCC(C)C2)n1. The Morgan fingerprint density at radius 3 is 2.68 bits per heavy atom. The summed E-state index contributed by atoms with van der Waals surface area (Å²) in [4.78, 5) is 23.3. The first kappa shape index (κ1) is 18.0. The quantitative estimate of drug-likeness (QED) is 0.839. The Morgan fingerprint density at radius 1 is 1.28 bits per heavy atom. The Hall–Kier alpha value is -1.85. The second-order valence-corrected chi connectivity index (χ2v) is 7.22. The van der Waals surface area contributed by atoms with Gasteiger partial charge in [0.15, 0.2) is 0 Å². The molecule has 0 radical (unpaired) electrons. The number of nitrogens with one attached hydrogen (secondary N) is 1. The maximum absolute atomic E-state index is 12.8. The van der Waals surface area contributed by atoms with Crippen LogP contribution in [0.3, 0.4) is 0 Å². The van der Waals surface area contributed by atoms with Crippen molar-refractivity contribution in [1.29, 1.82) is 0 Å². The van der Waals surface area contributed by atoms with Gasteiger partial charge in [-0.25, -0.2) is 9.97 Å². The molecule has 0 saturated carbocycles. The lowest BCUT2D eigenvalue weighted by Gasteiger charge is -2.30. The van der Waals surface area contributed by atoms with Crippen LogP contribution in [0, 0.1) is 12.8 Å². The molecule has 1 fully saturated rings. The van der Waals surface area contributed by atoms with Crippen molar-refractivity contribution in [2.75, 3.05) is 18.4 Å². The molecule has 1 saturated heterocycles. The summed E-state index contributed by atoms with van der Waals surface area (Å²) in [5.74, 6) is 1.46. The van der Waals surface area contributed by atoms with Gasteiger partial charge >= 0.3 is 0 Å². The fourth-order valence-electron chi connectivity index (χ4n) is 3.02. The number of benzene rings is 1. The van der Waals surface area contributed by atoms with Crippen LogP contribution in [0.4, 0.5) is 11.5 Å². The minimum absolute atomic E-state index is 0.0645. The van der Waals surface area contributed by atoms with Crippen LogP contribution >= 0.6 is 23.2 Å². The van der Waals surface area contributed by atoms with Gasteiger partial charge in [0.25, 0.3) is 5.91 Å². The molecule has 1 aliphatic heterocycles. The minimum Gasteiger partial charge on any atom is -0.338 e. The second kappa shape index (κ2) is 7.58. The van der Waals surface area contributed by atoms with Crippen LogP contribution in [-0.2, 0) is 0 Å². The molecule has 1 aromatic carbocycles. The van der Waals surface area contributed by atoms with Gasteiger partial charge in [-0.05, 0) is 37.8 Å². The molecular formula is C18H20Cl2N4O. The highest BCUT2D eigenvalue weighted by Gasteiger charge is 2.23. The molecule has 0 bridgehead atoms. The average molecular weight is 379 g/mol. The van der Waals surface area contributed by atoms with Crippen molar-refractivity contribution in [2.45, 2.75) is 26.7 Å². The zero-order valence-electron chi connectivity index (χ0n) is 14.2. The van der Waals surface area contributed by atoms with E-state index in [0.29, 0.717) is 39.0 Å². The lowest BCUT2D eigenvalue weighted by atomic mass is 10.00. The smallest absolute Gasteiger partial charge is 0.272 e. The van der Waals surface area contributed by atoms with E-state index in [1.807, 2.05) is 4.90 Å². The molecule has 1 N–H and O–H groups in total. The predicted octanol–water partition coefficient (Wildman–Crippen LogP) is 4.71. The minimum atomic E-state index is -0.0645. The monoisotopic (exact) mass is 378 g/mol. The molecule has 5 nitrogen and oxygen atoms in total. The molecule has 7 heteroatoms. The van der Waals surface area contributed by atoms with E-state index in [1.165, 1.54) is 0 Å². The highest BCUT2D eigenvalue weighted by molar-refractivity contribution is 6.39. The molecule has 1 unspecified atom stereocenters. The van der Waals surface area contributed by atoms with Gasteiger partial charge in [0.2, 0.25) is 0 Å². The van der Waals surface area contributed by atoms with E-state index >= 15 is 0 Å². The maximum Gasteiger partial charge on any atom is 0.272 e. The molecule has 1 amide bonds. The predicted molar refractivity (Wildman–Crippen MR) is 101 cm³/mol. The van der Waals surface area contributed by atoms with Crippen molar-refractivity contribution in [1.82, 2.24) is 14.9 Å². The van der Waals surface area contributed by atoms with Crippen LogP contribution in [0.5, 0.6) is 0 Å². The van der Waals surface area contributed by atoms with E-state index in [9.17, 15) is 4.79 Å². The first-order valence-electron chi connectivity index (χ1n) is 8.30. The first-order chi connectivity index (χ1) is 11.9. The number of likely N-dealkylation sites (tertiary alicyclic amines) is 1. The molecule has 1 aliphatic rings. The third-order valence-electron chi connectivity index (χ3n) is 4.22. The Morgan fingerprint density at radius 2 is 2.00 bits per heavy atom. The molecule has 132 valence electrons. The summed E-state index contributed by atoms with van der Waals surface area (Å²) in [6, 6.07) is 6.90. The third kappa shape index (κ3) is 4.22. The fraction of sp³-hybridized carbons (Fsp3) is 0.389. The normalized spacial score (nSPS) is 17.4. The van der Waals surface area contributed by atoms with Crippen molar-refractivity contribution in [3.8, 4) is 0 Å². The molecule has 2 heterocycles. The van der Waals surface area contributed by atoms with E-state index in [0.717, 1.165) is 25.9 Å². The number of piperidine rings is 1. The number of carbonyl (C=O) groups is 1. The van der Waals surface area contributed by atoms with Crippen molar-refractivity contribution < 1.29 is 4.79 Å². The number of aryl methyl sites for hydroxylation is 1. The lowest BCUT2D eigenvalue weighted by Crippen LogP contribution is -2.39. The van der Waals surface area contributed by atoms with E-state index in [-0.39, 0.29) is 5.91 Å². The Bertz CT molecular complexity index is 776. The molecule has 2 aromatic rings. The number of rotatable bonds is 3. The molecule has 0 spiro atoms. The van der Waals surface area contributed by atoms with Gasteiger partial charge in [0.05, 0.1) is 15.7 Å². The molecule has 1 aromatic heterocycles. The van der Waals surface area contributed by atoms with Crippen molar-refractivity contribution in [2.24, 2.45) is 5.92 Å². The maximum atomic E-state index is 12.8. The Balaban J connectivity index is 1.86. The van der Waals surface area contributed by atoms with Gasteiger partial charge in [-0.1, -0.05) is 36.2 Å². The summed E-state index contributed by atoms with van der Waals surface area (Å²) in [7, 11) is 0. The van der Waals surface area contributed by atoms with Gasteiger partial charge in [-0.2, -0.15) is 0 Å². The van der Waals surface area contributed by atoms with Gasteiger partial charge in [-0.3, -0.25) is 4.79 Å². The van der Waals surface area contributed by atoms with E-state index < -0.39 is 0 Å². The van der Waals surface area contributed by atoms with Crippen molar-refractivity contribution in [3.63, 3.8) is 0 Å². The van der Waals surface area contributed by atoms with E-state index in [1.54, 1.807) is 31.2 Å². The molecular weight excluding hydrogens is 359 g/mol. The van der Waals surface area contributed by atoms with E-state index in [4.69, 9.17) is 23.2 Å². The average Bonchev–Trinajstić information content (AvgIpc) is 2.57.